The number of nitrogens with one attached hydrogen (secondary N) is 2. The van der Waals surface area contributed by atoms with E-state index in [1.807, 2.05) is 18.5 Å². The van der Waals surface area contributed by atoms with Gasteiger partial charge in [0.15, 0.2) is 11.8 Å². The molecule has 6 nitrogen and oxygen atoms in total. The van der Waals surface area contributed by atoms with Crippen molar-refractivity contribution in [3.05, 3.63) is 11.6 Å². The number of aliphatic imine (C=N–C) groups is 1. The molecule has 0 radical (unpaired) electrons. The van der Waals surface area contributed by atoms with E-state index in [9.17, 15) is 0 Å². The molecule has 7 heteroatoms. The van der Waals surface area contributed by atoms with E-state index in [0.717, 1.165) is 29.9 Å². The normalized spacial score (nSPS) is 13.0. The average Bonchev–Trinajstić information content (AvgIpc) is 2.74. The molecule has 0 saturated heterocycles. The molecule has 1 heterocycles. The second kappa shape index (κ2) is 10.8. The minimum atomic E-state index is 0. The van der Waals surface area contributed by atoms with E-state index in [1.165, 1.54) is 12.8 Å². The van der Waals surface area contributed by atoms with Crippen LogP contribution in [0.25, 0.3) is 0 Å². The summed E-state index contributed by atoms with van der Waals surface area (Å²) < 4.78 is 1.98. The molecule has 2 N–H and O–H groups in total. The average molecular weight is 422 g/mol. The maximum absolute atomic E-state index is 4.26. The first-order chi connectivity index (χ1) is 9.93. The highest BCUT2D eigenvalue weighted by Gasteiger charge is 2.08. The highest BCUT2D eigenvalue weighted by molar-refractivity contribution is 14.0. The molecule has 22 heavy (non-hydrogen) atoms. The second-order valence-electron chi connectivity index (χ2n) is 6.02. The number of rotatable bonds is 7. The van der Waals surface area contributed by atoms with Crippen molar-refractivity contribution < 1.29 is 0 Å². The van der Waals surface area contributed by atoms with Gasteiger partial charge < -0.3 is 15.2 Å². The SMILES string of the molecule is CN=C(NCc1nnc(C)n1C)NC(C)CCCC(C)C.I. The fraction of sp³-hybridized carbons (Fsp3) is 0.800. The van der Waals surface area contributed by atoms with Crippen LogP contribution in [0.5, 0.6) is 0 Å². The van der Waals surface area contributed by atoms with Gasteiger partial charge >= 0.3 is 0 Å². The Morgan fingerprint density at radius 1 is 1.23 bits per heavy atom. The Morgan fingerprint density at radius 3 is 2.41 bits per heavy atom. The van der Waals surface area contributed by atoms with Crippen LogP contribution in [-0.4, -0.2) is 33.8 Å². The molecule has 1 unspecified atom stereocenters. The maximum Gasteiger partial charge on any atom is 0.191 e. The summed E-state index contributed by atoms with van der Waals surface area (Å²) in [5, 5.41) is 14.9. The van der Waals surface area contributed by atoms with Crippen LogP contribution in [0.2, 0.25) is 0 Å². The number of nitrogens with zero attached hydrogens (tertiary/aromatic N) is 4. The Morgan fingerprint density at radius 2 is 1.91 bits per heavy atom. The van der Waals surface area contributed by atoms with Crippen LogP contribution in [0.4, 0.5) is 0 Å². The van der Waals surface area contributed by atoms with Gasteiger partial charge in [-0.25, -0.2) is 0 Å². The van der Waals surface area contributed by atoms with E-state index in [2.05, 4.69) is 46.6 Å². The minimum absolute atomic E-state index is 0. The van der Waals surface area contributed by atoms with Gasteiger partial charge in [-0.3, -0.25) is 4.99 Å². The molecule has 0 aliphatic rings. The topological polar surface area (TPSA) is 67.1 Å². The summed E-state index contributed by atoms with van der Waals surface area (Å²) in [6, 6.07) is 0.413. The standard InChI is InChI=1S/C15H30N6.HI/c1-11(2)8-7-9-12(3)18-15(16-5)17-10-14-20-19-13(4)21(14)6;/h11-12H,7-10H2,1-6H3,(H2,16,17,18);1H. The lowest BCUT2D eigenvalue weighted by Crippen LogP contribution is -2.42. The van der Waals surface area contributed by atoms with Crippen molar-refractivity contribution >= 4 is 29.9 Å². The van der Waals surface area contributed by atoms with Gasteiger partial charge in [-0.1, -0.05) is 26.7 Å². The number of hydrogen-bond donors (Lipinski definition) is 2. The van der Waals surface area contributed by atoms with Crippen molar-refractivity contribution in [1.82, 2.24) is 25.4 Å². The predicted octanol–water partition coefficient (Wildman–Crippen LogP) is 2.62. The zero-order chi connectivity index (χ0) is 15.8. The van der Waals surface area contributed by atoms with Crippen LogP contribution < -0.4 is 10.6 Å². The Labute approximate surface area is 151 Å². The van der Waals surface area contributed by atoms with Gasteiger partial charge in [0, 0.05) is 20.1 Å². The van der Waals surface area contributed by atoms with Gasteiger partial charge in [-0.2, -0.15) is 0 Å². The molecule has 1 atom stereocenters. The largest absolute Gasteiger partial charge is 0.354 e. The van der Waals surface area contributed by atoms with Gasteiger partial charge in [0.25, 0.3) is 0 Å². The zero-order valence-electron chi connectivity index (χ0n) is 14.7. The van der Waals surface area contributed by atoms with E-state index in [4.69, 9.17) is 0 Å². The van der Waals surface area contributed by atoms with Gasteiger partial charge in [-0.15, -0.1) is 34.2 Å². The fourth-order valence-electron chi connectivity index (χ4n) is 2.10. The number of guanidine groups is 1. The summed E-state index contributed by atoms with van der Waals surface area (Å²) in [6.45, 7) is 9.29. The van der Waals surface area contributed by atoms with Gasteiger partial charge in [-0.05, 0) is 26.2 Å². The highest BCUT2D eigenvalue weighted by atomic mass is 127. The van der Waals surface area contributed by atoms with Crippen LogP contribution in [-0.2, 0) is 13.6 Å². The van der Waals surface area contributed by atoms with E-state index in [-0.39, 0.29) is 24.0 Å². The van der Waals surface area contributed by atoms with Crippen molar-refractivity contribution in [3.8, 4) is 0 Å². The molecule has 0 saturated carbocycles. The molecule has 0 aliphatic heterocycles. The summed E-state index contributed by atoms with van der Waals surface area (Å²) in [5.41, 5.74) is 0. The Hall–Kier alpha value is -0.860. The lowest BCUT2D eigenvalue weighted by Gasteiger charge is -2.18. The van der Waals surface area contributed by atoms with Crippen LogP contribution in [0.1, 0.15) is 51.7 Å². The number of aromatic nitrogens is 3. The Balaban J connectivity index is 0.00000441. The van der Waals surface area contributed by atoms with Gasteiger partial charge in [0.1, 0.15) is 5.82 Å². The minimum Gasteiger partial charge on any atom is -0.354 e. The van der Waals surface area contributed by atoms with E-state index < -0.39 is 0 Å². The lowest BCUT2D eigenvalue weighted by atomic mass is 10.0. The second-order valence-corrected chi connectivity index (χ2v) is 6.02. The van der Waals surface area contributed by atoms with E-state index >= 15 is 0 Å². The molecule has 0 bridgehead atoms. The van der Waals surface area contributed by atoms with Crippen LogP contribution in [0.3, 0.4) is 0 Å². The smallest absolute Gasteiger partial charge is 0.191 e. The molecule has 0 aromatic carbocycles. The zero-order valence-corrected chi connectivity index (χ0v) is 17.0. The Kier molecular flexibility index (Phi) is 10.4. The quantitative estimate of drug-likeness (QED) is 0.403. The first-order valence-electron chi connectivity index (χ1n) is 7.76. The molecule has 0 aliphatic carbocycles. The molecular formula is C15H31IN6. The van der Waals surface area contributed by atoms with Crippen molar-refractivity contribution in [2.45, 2.75) is 59.5 Å². The van der Waals surface area contributed by atoms with Crippen molar-refractivity contribution in [2.24, 2.45) is 18.0 Å². The third-order valence-corrected chi connectivity index (χ3v) is 3.62. The number of hydrogen-bond acceptors (Lipinski definition) is 3. The molecule has 0 spiro atoms. The molecule has 1 aromatic rings. The fourth-order valence-corrected chi connectivity index (χ4v) is 2.10. The van der Waals surface area contributed by atoms with Crippen LogP contribution in [0, 0.1) is 12.8 Å². The molecule has 1 rings (SSSR count). The molecule has 0 fully saturated rings. The number of halogens is 1. The summed E-state index contributed by atoms with van der Waals surface area (Å²) >= 11 is 0. The summed E-state index contributed by atoms with van der Waals surface area (Å²) in [4.78, 5) is 4.26. The Bertz CT molecular complexity index is 455. The maximum atomic E-state index is 4.26. The van der Waals surface area contributed by atoms with Crippen molar-refractivity contribution in [3.63, 3.8) is 0 Å². The molecule has 128 valence electrons. The van der Waals surface area contributed by atoms with Crippen molar-refractivity contribution in [1.29, 1.82) is 0 Å². The van der Waals surface area contributed by atoms with Gasteiger partial charge in [0.2, 0.25) is 0 Å². The monoisotopic (exact) mass is 422 g/mol. The summed E-state index contributed by atoms with van der Waals surface area (Å²) in [7, 11) is 3.76. The van der Waals surface area contributed by atoms with Crippen LogP contribution in [0.15, 0.2) is 4.99 Å². The van der Waals surface area contributed by atoms with E-state index in [1.54, 1.807) is 7.05 Å². The summed E-state index contributed by atoms with van der Waals surface area (Å²) in [6.07, 6.45) is 3.67. The first-order valence-corrected chi connectivity index (χ1v) is 7.76. The molecule has 1 aromatic heterocycles. The summed E-state index contributed by atoms with van der Waals surface area (Å²) in [5.74, 6) is 3.40. The first kappa shape index (κ1) is 21.1. The number of aryl methyl sites for hydroxylation is 1. The van der Waals surface area contributed by atoms with Crippen LogP contribution >= 0.6 is 24.0 Å². The molecular weight excluding hydrogens is 391 g/mol. The lowest BCUT2D eigenvalue weighted by molar-refractivity contribution is 0.491. The molecule has 0 amide bonds. The highest BCUT2D eigenvalue weighted by Crippen LogP contribution is 2.08. The van der Waals surface area contributed by atoms with E-state index in [0.29, 0.717) is 12.6 Å². The van der Waals surface area contributed by atoms with Crippen molar-refractivity contribution in [2.75, 3.05) is 7.05 Å². The third-order valence-electron chi connectivity index (χ3n) is 3.62. The third kappa shape index (κ3) is 7.42. The van der Waals surface area contributed by atoms with Gasteiger partial charge in [0.05, 0.1) is 6.54 Å². The predicted molar refractivity (Wildman–Crippen MR) is 103 cm³/mol.